The third kappa shape index (κ3) is 2.63. The zero-order chi connectivity index (χ0) is 13.9. The minimum absolute atomic E-state index is 0.241. The standard InChI is InChI=1S/C15H12BrNO3/c1-18-13-7-15-14(19-9-20-15)5-10(13)8-17-12-4-2-3-11(16)6-12/h2-8H,9H2,1H3. The number of hydrogen-bond donors (Lipinski definition) is 0. The number of ether oxygens (including phenoxy) is 3. The van der Waals surface area contributed by atoms with E-state index in [1.165, 1.54) is 0 Å². The molecule has 0 atom stereocenters. The highest BCUT2D eigenvalue weighted by atomic mass is 79.9. The Bertz CT molecular complexity index is 670. The van der Waals surface area contributed by atoms with E-state index in [9.17, 15) is 0 Å². The van der Waals surface area contributed by atoms with Crippen LogP contribution in [0, 0.1) is 0 Å². The summed E-state index contributed by atoms with van der Waals surface area (Å²) in [6, 6.07) is 11.4. The second-order valence-corrected chi connectivity index (χ2v) is 5.10. The Hall–Kier alpha value is -2.01. The van der Waals surface area contributed by atoms with E-state index in [-0.39, 0.29) is 6.79 Å². The summed E-state index contributed by atoms with van der Waals surface area (Å²) >= 11 is 3.42. The summed E-state index contributed by atoms with van der Waals surface area (Å²) in [6.07, 6.45) is 1.75. The van der Waals surface area contributed by atoms with E-state index >= 15 is 0 Å². The maximum atomic E-state index is 5.36. The monoisotopic (exact) mass is 333 g/mol. The van der Waals surface area contributed by atoms with Gasteiger partial charge in [-0.3, -0.25) is 4.99 Å². The molecule has 0 saturated carbocycles. The molecule has 2 aromatic carbocycles. The van der Waals surface area contributed by atoms with Crippen LogP contribution in [-0.2, 0) is 0 Å². The van der Waals surface area contributed by atoms with Gasteiger partial charge in [0, 0.05) is 22.3 Å². The molecule has 1 aliphatic heterocycles. The van der Waals surface area contributed by atoms with Crippen molar-refractivity contribution in [3.8, 4) is 17.2 Å². The van der Waals surface area contributed by atoms with Crippen LogP contribution in [0.4, 0.5) is 5.69 Å². The van der Waals surface area contributed by atoms with Crippen molar-refractivity contribution in [1.29, 1.82) is 0 Å². The van der Waals surface area contributed by atoms with E-state index in [2.05, 4.69) is 20.9 Å². The van der Waals surface area contributed by atoms with Crippen molar-refractivity contribution in [1.82, 2.24) is 0 Å². The van der Waals surface area contributed by atoms with Gasteiger partial charge < -0.3 is 14.2 Å². The number of fused-ring (bicyclic) bond motifs is 1. The molecule has 5 heteroatoms. The number of aliphatic imine (C=N–C) groups is 1. The summed E-state index contributed by atoms with van der Waals surface area (Å²) in [7, 11) is 1.62. The summed E-state index contributed by atoms with van der Waals surface area (Å²) in [5, 5.41) is 0. The van der Waals surface area contributed by atoms with Gasteiger partial charge in [-0.05, 0) is 24.3 Å². The van der Waals surface area contributed by atoms with Crippen LogP contribution >= 0.6 is 15.9 Å². The molecule has 1 aliphatic rings. The molecule has 0 saturated heterocycles. The van der Waals surface area contributed by atoms with Gasteiger partial charge in [0.2, 0.25) is 6.79 Å². The van der Waals surface area contributed by atoms with Crippen molar-refractivity contribution in [2.45, 2.75) is 0 Å². The average Bonchev–Trinajstić information content (AvgIpc) is 2.91. The molecule has 0 spiro atoms. The lowest BCUT2D eigenvalue weighted by Gasteiger charge is -2.06. The van der Waals surface area contributed by atoms with Gasteiger partial charge in [-0.25, -0.2) is 0 Å². The Morgan fingerprint density at radius 1 is 1.20 bits per heavy atom. The molecule has 0 aliphatic carbocycles. The van der Waals surface area contributed by atoms with E-state index in [1.54, 1.807) is 13.3 Å². The summed E-state index contributed by atoms with van der Waals surface area (Å²) in [4.78, 5) is 4.44. The smallest absolute Gasteiger partial charge is 0.231 e. The van der Waals surface area contributed by atoms with Gasteiger partial charge in [0.1, 0.15) is 5.75 Å². The van der Waals surface area contributed by atoms with E-state index < -0.39 is 0 Å². The summed E-state index contributed by atoms with van der Waals surface area (Å²) in [5.41, 5.74) is 1.70. The highest BCUT2D eigenvalue weighted by molar-refractivity contribution is 9.10. The Morgan fingerprint density at radius 3 is 2.75 bits per heavy atom. The van der Waals surface area contributed by atoms with Crippen LogP contribution in [0.5, 0.6) is 17.2 Å². The molecule has 102 valence electrons. The number of halogens is 1. The quantitative estimate of drug-likeness (QED) is 0.799. The lowest BCUT2D eigenvalue weighted by atomic mass is 10.2. The summed E-state index contributed by atoms with van der Waals surface area (Å²) in [5.74, 6) is 2.11. The predicted octanol–water partition coefficient (Wildman–Crippen LogP) is 3.94. The highest BCUT2D eigenvalue weighted by Gasteiger charge is 2.16. The molecule has 4 nitrogen and oxygen atoms in total. The summed E-state index contributed by atoms with van der Waals surface area (Å²) in [6.45, 7) is 0.241. The highest BCUT2D eigenvalue weighted by Crippen LogP contribution is 2.37. The molecule has 20 heavy (non-hydrogen) atoms. The van der Waals surface area contributed by atoms with Crippen LogP contribution in [0.25, 0.3) is 0 Å². The normalized spacial score (nSPS) is 12.9. The number of rotatable bonds is 3. The van der Waals surface area contributed by atoms with Gasteiger partial charge in [-0.2, -0.15) is 0 Å². The maximum Gasteiger partial charge on any atom is 0.231 e. The van der Waals surface area contributed by atoms with Gasteiger partial charge in [0.15, 0.2) is 11.5 Å². The molecule has 0 unspecified atom stereocenters. The fraction of sp³-hybridized carbons (Fsp3) is 0.133. The third-order valence-corrected chi connectivity index (χ3v) is 3.38. The van der Waals surface area contributed by atoms with Crippen LogP contribution < -0.4 is 14.2 Å². The Labute approximate surface area is 125 Å². The first kappa shape index (κ1) is 13.0. The van der Waals surface area contributed by atoms with Crippen molar-refractivity contribution in [3.05, 3.63) is 46.4 Å². The van der Waals surface area contributed by atoms with E-state index in [0.717, 1.165) is 15.7 Å². The van der Waals surface area contributed by atoms with Crippen LogP contribution in [0.1, 0.15) is 5.56 Å². The number of nitrogens with zero attached hydrogens (tertiary/aromatic N) is 1. The maximum absolute atomic E-state index is 5.36. The Balaban J connectivity index is 1.94. The minimum Gasteiger partial charge on any atom is -0.496 e. The van der Waals surface area contributed by atoms with Crippen molar-refractivity contribution < 1.29 is 14.2 Å². The van der Waals surface area contributed by atoms with Crippen molar-refractivity contribution in [2.24, 2.45) is 4.99 Å². The van der Waals surface area contributed by atoms with Gasteiger partial charge in [0.25, 0.3) is 0 Å². The molecule has 0 bridgehead atoms. The largest absolute Gasteiger partial charge is 0.496 e. The van der Waals surface area contributed by atoms with Crippen molar-refractivity contribution in [2.75, 3.05) is 13.9 Å². The van der Waals surface area contributed by atoms with Crippen molar-refractivity contribution in [3.63, 3.8) is 0 Å². The lowest BCUT2D eigenvalue weighted by molar-refractivity contribution is 0.174. The fourth-order valence-electron chi connectivity index (χ4n) is 1.92. The minimum atomic E-state index is 0.241. The predicted molar refractivity (Wildman–Crippen MR) is 80.5 cm³/mol. The van der Waals surface area contributed by atoms with Crippen LogP contribution in [0.3, 0.4) is 0 Å². The molecule has 0 aromatic heterocycles. The van der Waals surface area contributed by atoms with Crippen LogP contribution in [0.15, 0.2) is 45.9 Å². The molecule has 1 heterocycles. The first-order chi connectivity index (χ1) is 9.76. The molecular formula is C15H12BrNO3. The van der Waals surface area contributed by atoms with Crippen LogP contribution in [0.2, 0.25) is 0 Å². The molecule has 0 N–H and O–H groups in total. The van der Waals surface area contributed by atoms with Crippen LogP contribution in [-0.4, -0.2) is 20.1 Å². The van der Waals surface area contributed by atoms with Gasteiger partial charge in [0.05, 0.1) is 12.8 Å². The van der Waals surface area contributed by atoms with Crippen molar-refractivity contribution >= 4 is 27.8 Å². The fourth-order valence-corrected chi connectivity index (χ4v) is 2.30. The second-order valence-electron chi connectivity index (χ2n) is 4.19. The van der Waals surface area contributed by atoms with E-state index in [4.69, 9.17) is 14.2 Å². The average molecular weight is 334 g/mol. The molecule has 3 rings (SSSR count). The second kappa shape index (κ2) is 5.54. The zero-order valence-corrected chi connectivity index (χ0v) is 12.4. The Kier molecular flexibility index (Phi) is 3.60. The van der Waals surface area contributed by atoms with Gasteiger partial charge >= 0.3 is 0 Å². The lowest BCUT2D eigenvalue weighted by Crippen LogP contribution is -1.92. The van der Waals surface area contributed by atoms with Gasteiger partial charge in [-0.1, -0.05) is 22.0 Å². The topological polar surface area (TPSA) is 40.0 Å². The summed E-state index contributed by atoms with van der Waals surface area (Å²) < 4.78 is 17.0. The number of benzene rings is 2. The molecule has 2 aromatic rings. The zero-order valence-electron chi connectivity index (χ0n) is 10.8. The number of methoxy groups -OCH3 is 1. The SMILES string of the molecule is COc1cc2c(cc1C=Nc1cccc(Br)c1)OCO2. The van der Waals surface area contributed by atoms with E-state index in [1.807, 2.05) is 36.4 Å². The molecule has 0 radical (unpaired) electrons. The molecule has 0 amide bonds. The first-order valence-electron chi connectivity index (χ1n) is 6.03. The molecular weight excluding hydrogens is 322 g/mol. The Morgan fingerprint density at radius 2 is 2.00 bits per heavy atom. The third-order valence-electron chi connectivity index (χ3n) is 2.89. The van der Waals surface area contributed by atoms with E-state index in [0.29, 0.717) is 17.2 Å². The molecule has 0 fully saturated rings. The van der Waals surface area contributed by atoms with Gasteiger partial charge in [-0.15, -0.1) is 0 Å². The number of hydrogen-bond acceptors (Lipinski definition) is 4. The first-order valence-corrected chi connectivity index (χ1v) is 6.83.